The van der Waals surface area contributed by atoms with Gasteiger partial charge >= 0.3 is 0 Å². The van der Waals surface area contributed by atoms with E-state index in [1.54, 1.807) is 12.4 Å². The van der Waals surface area contributed by atoms with E-state index in [4.69, 9.17) is 16.6 Å². The molecule has 3 heterocycles. The van der Waals surface area contributed by atoms with E-state index in [2.05, 4.69) is 48.5 Å². The Hall–Kier alpha value is -2.32. The first kappa shape index (κ1) is 22.4. The van der Waals surface area contributed by atoms with Crippen LogP contribution in [-0.2, 0) is 13.6 Å². The van der Waals surface area contributed by atoms with Crippen LogP contribution in [0.5, 0.6) is 0 Å². The average molecular weight is 433 g/mol. The van der Waals surface area contributed by atoms with E-state index in [1.807, 2.05) is 25.4 Å². The highest BCUT2D eigenvalue weighted by molar-refractivity contribution is 6.30. The topological polar surface area (TPSA) is 64.8 Å². The number of aromatic nitrogens is 3. The minimum Gasteiger partial charge on any atom is -0.357 e. The van der Waals surface area contributed by atoms with Crippen molar-refractivity contribution in [1.29, 1.82) is 0 Å². The first-order valence-electron chi connectivity index (χ1n) is 10.6. The molecule has 0 saturated carbocycles. The second-order valence-electron chi connectivity index (χ2n) is 7.58. The van der Waals surface area contributed by atoms with Gasteiger partial charge in [0.1, 0.15) is 0 Å². The van der Waals surface area contributed by atoms with Crippen molar-refractivity contribution in [2.24, 2.45) is 12.0 Å². The molecule has 1 aliphatic rings. The summed E-state index contributed by atoms with van der Waals surface area (Å²) in [5, 5.41) is 4.16. The normalized spacial score (nSPS) is 15.5. The molecule has 0 radical (unpaired) electrons. The molecule has 9 heteroatoms. The van der Waals surface area contributed by atoms with Gasteiger partial charge in [-0.2, -0.15) is 0 Å². The fraction of sp³-hybridized carbons (Fsp3) is 0.571. The molecule has 1 saturated heterocycles. The maximum Gasteiger partial charge on any atom is 0.225 e. The number of anilines is 1. The molecule has 30 heavy (non-hydrogen) atoms. The van der Waals surface area contributed by atoms with Gasteiger partial charge in [-0.3, -0.25) is 9.89 Å². The van der Waals surface area contributed by atoms with Crippen LogP contribution in [0.3, 0.4) is 0 Å². The Bertz CT molecular complexity index is 799. The number of halogens is 1. The molecule has 0 spiro atoms. The number of aliphatic imine (C=N–C) groups is 1. The lowest BCUT2D eigenvalue weighted by molar-refractivity contribution is 0.255. The van der Waals surface area contributed by atoms with Crippen LogP contribution in [0.15, 0.2) is 35.7 Å². The second-order valence-corrected chi connectivity index (χ2v) is 8.02. The predicted molar refractivity (Wildman–Crippen MR) is 123 cm³/mol. The Morgan fingerprint density at radius 3 is 2.60 bits per heavy atom. The second kappa shape index (κ2) is 11.2. The third kappa shape index (κ3) is 6.34. The van der Waals surface area contributed by atoms with E-state index in [0.717, 1.165) is 81.4 Å². The summed E-state index contributed by atoms with van der Waals surface area (Å²) < 4.78 is 2.06. The van der Waals surface area contributed by atoms with Gasteiger partial charge in [-0.25, -0.2) is 9.97 Å². The summed E-state index contributed by atoms with van der Waals surface area (Å²) in [4.78, 5) is 20.4. The number of nitrogens with zero attached hydrogens (tertiary/aromatic N) is 7. The fourth-order valence-corrected chi connectivity index (χ4v) is 3.89. The number of rotatable bonds is 8. The summed E-state index contributed by atoms with van der Waals surface area (Å²) in [6, 6.07) is 3.86. The van der Waals surface area contributed by atoms with Crippen molar-refractivity contribution in [3.8, 4) is 0 Å². The van der Waals surface area contributed by atoms with Crippen LogP contribution in [0.1, 0.15) is 19.0 Å². The van der Waals surface area contributed by atoms with Gasteiger partial charge in [0, 0.05) is 84.2 Å². The van der Waals surface area contributed by atoms with Gasteiger partial charge in [0.25, 0.3) is 0 Å². The maximum atomic E-state index is 6.11. The SMILES string of the molecule is CCNC(=NCCCN1CCN(c2ncccn2)CC1)N(C)Cc1cc(Cl)cn1C. The number of aryl methyl sites for hydroxylation is 1. The summed E-state index contributed by atoms with van der Waals surface area (Å²) in [5.74, 6) is 1.76. The predicted octanol–water partition coefficient (Wildman–Crippen LogP) is 2.08. The lowest BCUT2D eigenvalue weighted by Crippen LogP contribution is -2.47. The molecule has 1 fully saturated rings. The average Bonchev–Trinajstić information content (AvgIpc) is 3.07. The van der Waals surface area contributed by atoms with Crippen LogP contribution in [0.25, 0.3) is 0 Å². The van der Waals surface area contributed by atoms with Crippen LogP contribution in [-0.4, -0.2) is 83.2 Å². The van der Waals surface area contributed by atoms with E-state index < -0.39 is 0 Å². The molecule has 0 bridgehead atoms. The molecule has 2 aromatic rings. The molecular weight excluding hydrogens is 400 g/mol. The van der Waals surface area contributed by atoms with Gasteiger partial charge in [-0.1, -0.05) is 11.6 Å². The van der Waals surface area contributed by atoms with Crippen LogP contribution in [0.4, 0.5) is 5.95 Å². The van der Waals surface area contributed by atoms with Crippen LogP contribution < -0.4 is 10.2 Å². The highest BCUT2D eigenvalue weighted by Gasteiger charge is 2.18. The van der Waals surface area contributed by atoms with Crippen LogP contribution >= 0.6 is 11.6 Å². The van der Waals surface area contributed by atoms with Gasteiger partial charge in [0.05, 0.1) is 11.6 Å². The van der Waals surface area contributed by atoms with Crippen LogP contribution in [0.2, 0.25) is 5.02 Å². The molecule has 0 atom stereocenters. The number of nitrogens with one attached hydrogen (secondary N) is 1. The van der Waals surface area contributed by atoms with Crippen LogP contribution in [0, 0.1) is 0 Å². The molecule has 1 aliphatic heterocycles. The summed E-state index contributed by atoms with van der Waals surface area (Å²) in [6.07, 6.45) is 6.58. The molecule has 2 aromatic heterocycles. The Labute approximate surface area is 184 Å². The van der Waals surface area contributed by atoms with Crippen molar-refractivity contribution < 1.29 is 0 Å². The largest absolute Gasteiger partial charge is 0.357 e. The summed E-state index contributed by atoms with van der Waals surface area (Å²) in [5.41, 5.74) is 1.16. The smallest absolute Gasteiger partial charge is 0.225 e. The van der Waals surface area contributed by atoms with Gasteiger partial charge in [-0.15, -0.1) is 0 Å². The standard InChI is InChI=1S/C21H33ClN8/c1-4-23-20(28(3)17-19-15-18(22)16-27(19)2)24-9-6-10-29-11-13-30(14-12-29)21-25-7-5-8-26-21/h5,7-8,15-16H,4,6,9-14,17H2,1-3H3,(H,23,24). The Morgan fingerprint density at radius 2 is 1.97 bits per heavy atom. The van der Waals surface area contributed by atoms with Crippen molar-refractivity contribution in [2.75, 3.05) is 57.8 Å². The van der Waals surface area contributed by atoms with Crippen molar-refractivity contribution in [2.45, 2.75) is 19.9 Å². The molecule has 0 aliphatic carbocycles. The van der Waals surface area contributed by atoms with Crippen molar-refractivity contribution in [3.05, 3.63) is 41.4 Å². The highest BCUT2D eigenvalue weighted by atomic mass is 35.5. The van der Waals surface area contributed by atoms with E-state index >= 15 is 0 Å². The van der Waals surface area contributed by atoms with E-state index in [0.29, 0.717) is 0 Å². The zero-order valence-corrected chi connectivity index (χ0v) is 19.0. The third-order valence-corrected chi connectivity index (χ3v) is 5.48. The minimum absolute atomic E-state index is 0.762. The van der Waals surface area contributed by atoms with E-state index in [-0.39, 0.29) is 0 Å². The monoisotopic (exact) mass is 432 g/mol. The summed E-state index contributed by atoms with van der Waals surface area (Å²) >= 11 is 6.11. The molecule has 164 valence electrons. The van der Waals surface area contributed by atoms with E-state index in [9.17, 15) is 0 Å². The summed E-state index contributed by atoms with van der Waals surface area (Å²) in [7, 11) is 4.08. The number of guanidine groups is 1. The molecule has 8 nitrogen and oxygen atoms in total. The Morgan fingerprint density at radius 1 is 1.23 bits per heavy atom. The highest BCUT2D eigenvalue weighted by Crippen LogP contribution is 2.14. The number of piperazine rings is 1. The van der Waals surface area contributed by atoms with E-state index in [1.165, 1.54) is 0 Å². The number of hydrogen-bond acceptors (Lipinski definition) is 5. The zero-order chi connectivity index (χ0) is 21.3. The Balaban J connectivity index is 1.43. The van der Waals surface area contributed by atoms with Gasteiger partial charge < -0.3 is 19.7 Å². The third-order valence-electron chi connectivity index (χ3n) is 5.27. The molecule has 0 aromatic carbocycles. The number of hydrogen-bond donors (Lipinski definition) is 1. The maximum absolute atomic E-state index is 6.11. The van der Waals surface area contributed by atoms with Crippen molar-refractivity contribution >= 4 is 23.5 Å². The molecule has 0 amide bonds. The minimum atomic E-state index is 0.762. The molecule has 3 rings (SSSR count). The first-order valence-corrected chi connectivity index (χ1v) is 11.0. The lowest BCUT2D eigenvalue weighted by atomic mass is 10.3. The van der Waals surface area contributed by atoms with Crippen molar-refractivity contribution in [1.82, 2.24) is 29.7 Å². The molecule has 1 N–H and O–H groups in total. The molecule has 0 unspecified atom stereocenters. The fourth-order valence-electron chi connectivity index (χ4n) is 3.62. The Kier molecular flexibility index (Phi) is 8.33. The molecular formula is C21H33ClN8. The van der Waals surface area contributed by atoms with Gasteiger partial charge in [0.2, 0.25) is 5.95 Å². The zero-order valence-electron chi connectivity index (χ0n) is 18.3. The first-order chi connectivity index (χ1) is 14.6. The van der Waals surface area contributed by atoms with Crippen molar-refractivity contribution in [3.63, 3.8) is 0 Å². The van der Waals surface area contributed by atoms with Gasteiger partial charge in [0.15, 0.2) is 5.96 Å². The lowest BCUT2D eigenvalue weighted by Gasteiger charge is -2.34. The van der Waals surface area contributed by atoms with Gasteiger partial charge in [-0.05, 0) is 25.5 Å². The quantitative estimate of drug-likeness (QED) is 0.391. The summed E-state index contributed by atoms with van der Waals surface area (Å²) in [6.45, 7) is 9.59.